The molecule has 0 atom stereocenters. The van der Waals surface area contributed by atoms with Crippen LogP contribution in [0.25, 0.3) is 10.9 Å². The fourth-order valence-electron chi connectivity index (χ4n) is 6.23. The second-order valence-electron chi connectivity index (χ2n) is 12.6. The van der Waals surface area contributed by atoms with Crippen LogP contribution in [0.2, 0.25) is 0 Å². The highest BCUT2D eigenvalue weighted by Gasteiger charge is 2.27. The molecule has 8 heteroatoms. The number of fused-ring (bicyclic) bond motifs is 2. The van der Waals surface area contributed by atoms with Crippen LogP contribution in [0.4, 0.5) is 17.1 Å². The molecule has 3 heterocycles. The number of aliphatic hydroxyl groups excluding tert-OH is 1. The maximum absolute atomic E-state index is 9.36. The molecule has 272 valence electrons. The van der Waals surface area contributed by atoms with Gasteiger partial charge in [-0.25, -0.2) is 0 Å². The summed E-state index contributed by atoms with van der Waals surface area (Å²) in [7, 11) is 0. The monoisotopic (exact) mass is 682 g/mol. The first-order chi connectivity index (χ1) is 24.6. The molecule has 0 unspecified atom stereocenters. The number of ether oxygens (including phenoxy) is 1. The molecule has 1 fully saturated rings. The van der Waals surface area contributed by atoms with Crippen LogP contribution in [0.15, 0.2) is 72.9 Å². The number of para-hydroxylation sites is 1. The molecular formula is C42H62N6O2. The fourth-order valence-corrected chi connectivity index (χ4v) is 6.23. The van der Waals surface area contributed by atoms with Crippen molar-refractivity contribution in [1.29, 1.82) is 5.41 Å². The van der Waals surface area contributed by atoms with Crippen molar-refractivity contribution in [3.05, 3.63) is 95.2 Å². The quantitative estimate of drug-likeness (QED) is 0.122. The van der Waals surface area contributed by atoms with E-state index in [0.717, 1.165) is 89.6 Å². The third-order valence-corrected chi connectivity index (χ3v) is 9.00. The van der Waals surface area contributed by atoms with Gasteiger partial charge in [-0.1, -0.05) is 83.0 Å². The number of pyridine rings is 1. The average molecular weight is 683 g/mol. The molecule has 50 heavy (non-hydrogen) atoms. The minimum atomic E-state index is 0.211. The van der Waals surface area contributed by atoms with Crippen molar-refractivity contribution >= 4 is 34.7 Å². The van der Waals surface area contributed by atoms with Crippen molar-refractivity contribution in [1.82, 2.24) is 9.88 Å². The molecule has 1 saturated heterocycles. The lowest BCUT2D eigenvalue weighted by Gasteiger charge is -2.28. The number of benzene rings is 3. The van der Waals surface area contributed by atoms with Gasteiger partial charge in [0.25, 0.3) is 0 Å². The molecule has 0 amide bonds. The molecule has 8 nitrogen and oxygen atoms in total. The molecule has 2 aliphatic heterocycles. The van der Waals surface area contributed by atoms with Crippen molar-refractivity contribution in [2.75, 3.05) is 67.8 Å². The van der Waals surface area contributed by atoms with E-state index in [9.17, 15) is 5.11 Å². The van der Waals surface area contributed by atoms with Gasteiger partial charge >= 0.3 is 0 Å². The number of hydrogen-bond acceptors (Lipinski definition) is 8. The third-order valence-electron chi connectivity index (χ3n) is 9.00. The van der Waals surface area contributed by atoms with Crippen molar-refractivity contribution in [3.8, 4) is 0 Å². The first kappa shape index (κ1) is 40.4. The Morgan fingerprint density at radius 1 is 0.860 bits per heavy atom. The molecule has 4 aromatic rings. The van der Waals surface area contributed by atoms with Gasteiger partial charge in [0, 0.05) is 63.1 Å². The number of anilines is 3. The summed E-state index contributed by atoms with van der Waals surface area (Å²) in [6.07, 6.45) is 7.31. The number of unbranched alkanes of at least 4 members (excludes halogenated alkanes) is 1. The lowest BCUT2D eigenvalue weighted by atomic mass is 10.0. The summed E-state index contributed by atoms with van der Waals surface area (Å²) in [5.74, 6) is 0. The van der Waals surface area contributed by atoms with E-state index >= 15 is 0 Å². The highest BCUT2D eigenvalue weighted by Crippen LogP contribution is 2.38. The minimum absolute atomic E-state index is 0.211. The standard InChI is InChI=1S/C35H43N5O2.C4H10.C2H6.CH3N/c1-27-10-12-29(9-4-19-41)32(22-27)37-24-28-11-13-33-34(23-28)40(25-31-7-2-6-30-8-3-14-36-35(30)31)26-39(33)16-5-15-38-17-20-42-21-18-38;1-3-4-2;2*1-2/h2-3,6-8,10-14,22-23,37,41H,4-5,9,15-21,24-26H2,1H3;3-4H2,1-2H3;1-2H3;2H,1H2. The summed E-state index contributed by atoms with van der Waals surface area (Å²) in [5, 5.41) is 19.7. The van der Waals surface area contributed by atoms with E-state index in [0.29, 0.717) is 0 Å². The van der Waals surface area contributed by atoms with Gasteiger partial charge in [0.2, 0.25) is 0 Å². The lowest BCUT2D eigenvalue weighted by molar-refractivity contribution is 0.0376. The molecule has 3 aromatic carbocycles. The highest BCUT2D eigenvalue weighted by atomic mass is 16.5. The van der Waals surface area contributed by atoms with Gasteiger partial charge in [0.1, 0.15) is 0 Å². The molecule has 0 aliphatic carbocycles. The number of rotatable bonds is 13. The van der Waals surface area contributed by atoms with E-state index in [4.69, 9.17) is 15.1 Å². The molecule has 2 aliphatic rings. The number of aromatic nitrogens is 1. The van der Waals surface area contributed by atoms with Crippen molar-refractivity contribution in [2.45, 2.75) is 79.8 Å². The smallest absolute Gasteiger partial charge is 0.0907 e. The van der Waals surface area contributed by atoms with Gasteiger partial charge in [-0.3, -0.25) is 9.88 Å². The molecule has 0 bridgehead atoms. The fraction of sp³-hybridized carbons (Fsp3) is 0.476. The zero-order chi connectivity index (χ0) is 36.1. The van der Waals surface area contributed by atoms with Gasteiger partial charge in [-0.2, -0.15) is 0 Å². The molecule has 0 spiro atoms. The van der Waals surface area contributed by atoms with Crippen LogP contribution in [-0.2, 0) is 24.2 Å². The van der Waals surface area contributed by atoms with Crippen LogP contribution in [0.5, 0.6) is 0 Å². The number of aryl methyl sites for hydroxylation is 2. The molecule has 6 rings (SSSR count). The normalized spacial score (nSPS) is 13.7. The topological polar surface area (TPSA) is 88.0 Å². The van der Waals surface area contributed by atoms with Crippen LogP contribution in [0.3, 0.4) is 0 Å². The van der Waals surface area contributed by atoms with Crippen molar-refractivity contribution in [2.24, 2.45) is 0 Å². The van der Waals surface area contributed by atoms with Gasteiger partial charge in [-0.05, 0) is 79.4 Å². The summed E-state index contributed by atoms with van der Waals surface area (Å²) in [6, 6.07) is 24.2. The maximum Gasteiger partial charge on any atom is 0.0907 e. The highest BCUT2D eigenvalue weighted by molar-refractivity contribution is 5.83. The Kier molecular flexibility index (Phi) is 18.3. The molecular weight excluding hydrogens is 621 g/mol. The summed E-state index contributed by atoms with van der Waals surface area (Å²) in [6.45, 7) is 21.6. The largest absolute Gasteiger partial charge is 0.396 e. The number of hydrogen-bond donors (Lipinski definition) is 3. The predicted octanol–water partition coefficient (Wildman–Crippen LogP) is 8.68. The van der Waals surface area contributed by atoms with Crippen LogP contribution in [0, 0.1) is 12.3 Å². The van der Waals surface area contributed by atoms with Crippen LogP contribution >= 0.6 is 0 Å². The van der Waals surface area contributed by atoms with Crippen molar-refractivity contribution < 1.29 is 9.84 Å². The Balaban J connectivity index is 0.000000778. The Morgan fingerprint density at radius 3 is 2.36 bits per heavy atom. The van der Waals surface area contributed by atoms with E-state index in [-0.39, 0.29) is 6.61 Å². The van der Waals surface area contributed by atoms with E-state index in [1.165, 1.54) is 51.9 Å². The lowest BCUT2D eigenvalue weighted by Crippen LogP contribution is -2.38. The second-order valence-corrected chi connectivity index (χ2v) is 12.6. The Labute approximate surface area is 302 Å². The summed E-state index contributed by atoms with van der Waals surface area (Å²) in [5.41, 5.74) is 9.86. The van der Waals surface area contributed by atoms with Crippen LogP contribution in [-0.4, -0.2) is 74.4 Å². The van der Waals surface area contributed by atoms with Crippen LogP contribution in [0.1, 0.15) is 75.6 Å². The number of aliphatic hydroxyl groups is 1. The summed E-state index contributed by atoms with van der Waals surface area (Å²) in [4.78, 5) is 12.3. The van der Waals surface area contributed by atoms with Gasteiger partial charge in [0.15, 0.2) is 0 Å². The maximum atomic E-state index is 9.36. The van der Waals surface area contributed by atoms with Gasteiger partial charge < -0.3 is 30.4 Å². The number of nitrogens with one attached hydrogen (secondary N) is 2. The molecule has 3 N–H and O–H groups in total. The van der Waals surface area contributed by atoms with Gasteiger partial charge in [0.05, 0.1) is 36.8 Å². The Bertz CT molecular complexity index is 1530. The first-order valence-electron chi connectivity index (χ1n) is 18.6. The second kappa shape index (κ2) is 22.7. The molecule has 1 aromatic heterocycles. The average Bonchev–Trinajstić information content (AvgIpc) is 3.51. The van der Waals surface area contributed by atoms with E-state index < -0.39 is 0 Å². The van der Waals surface area contributed by atoms with Gasteiger partial charge in [-0.15, -0.1) is 0 Å². The first-order valence-corrected chi connectivity index (χ1v) is 18.6. The number of nitrogens with zero attached hydrogens (tertiary/aromatic N) is 4. The van der Waals surface area contributed by atoms with Crippen LogP contribution < -0.4 is 15.1 Å². The van der Waals surface area contributed by atoms with Crippen molar-refractivity contribution in [3.63, 3.8) is 0 Å². The minimum Gasteiger partial charge on any atom is -0.396 e. The molecule has 0 radical (unpaired) electrons. The Morgan fingerprint density at radius 2 is 1.62 bits per heavy atom. The molecule has 0 saturated carbocycles. The Hall–Kier alpha value is -3.98. The van der Waals surface area contributed by atoms with E-state index in [2.05, 4.69) is 108 Å². The predicted molar refractivity (Wildman–Crippen MR) is 214 cm³/mol. The zero-order valence-electron chi connectivity index (χ0n) is 31.4. The summed E-state index contributed by atoms with van der Waals surface area (Å²) < 4.78 is 5.54. The number of morpholine rings is 1. The SMILES string of the molecule is C=N.CC.CCCC.Cc1ccc(CCCO)c(NCc2ccc3c(c2)N(Cc2cccc4cccnc24)CN3CCCN2CCOCC2)c1. The summed E-state index contributed by atoms with van der Waals surface area (Å²) >= 11 is 0. The van der Waals surface area contributed by atoms with E-state index in [1.54, 1.807) is 0 Å². The van der Waals surface area contributed by atoms with E-state index in [1.807, 2.05) is 26.1 Å². The third kappa shape index (κ3) is 11.8. The zero-order valence-corrected chi connectivity index (χ0v) is 31.4.